The van der Waals surface area contributed by atoms with E-state index in [0.29, 0.717) is 5.69 Å². The minimum atomic E-state index is -2.49. The third-order valence-corrected chi connectivity index (χ3v) is 1.33. The molecular formula is C10H15F2N. The maximum Gasteiger partial charge on any atom is 0.312 e. The van der Waals surface area contributed by atoms with Gasteiger partial charge >= 0.3 is 6.55 Å². The van der Waals surface area contributed by atoms with Gasteiger partial charge in [-0.1, -0.05) is 31.5 Å². The van der Waals surface area contributed by atoms with Crippen molar-refractivity contribution in [2.24, 2.45) is 0 Å². The number of nitrogens with one attached hydrogen (secondary N) is 1. The van der Waals surface area contributed by atoms with E-state index in [1.165, 1.54) is 0 Å². The fourth-order valence-corrected chi connectivity index (χ4v) is 0.776. The Bertz CT molecular complexity index is 219. The van der Waals surface area contributed by atoms with E-state index in [1.54, 1.807) is 24.3 Å². The number of hydrogen-bond donors (Lipinski definition) is 1. The van der Waals surface area contributed by atoms with E-state index >= 15 is 0 Å². The van der Waals surface area contributed by atoms with Gasteiger partial charge in [0.25, 0.3) is 0 Å². The SMILES string of the molecule is CC.Cc1ccc(NC(F)F)cc1. The van der Waals surface area contributed by atoms with Gasteiger partial charge in [0, 0.05) is 5.69 Å². The lowest BCUT2D eigenvalue weighted by Crippen LogP contribution is -2.05. The van der Waals surface area contributed by atoms with E-state index in [2.05, 4.69) is 0 Å². The van der Waals surface area contributed by atoms with Crippen LogP contribution in [-0.4, -0.2) is 6.55 Å². The van der Waals surface area contributed by atoms with Gasteiger partial charge in [-0.05, 0) is 19.1 Å². The first kappa shape index (κ1) is 11.9. The van der Waals surface area contributed by atoms with Crippen LogP contribution in [0.4, 0.5) is 14.5 Å². The van der Waals surface area contributed by atoms with E-state index in [-0.39, 0.29) is 0 Å². The number of aryl methyl sites for hydroxylation is 1. The molecule has 3 heteroatoms. The van der Waals surface area contributed by atoms with Gasteiger partial charge in [0.1, 0.15) is 0 Å². The van der Waals surface area contributed by atoms with Crippen molar-refractivity contribution in [3.05, 3.63) is 29.8 Å². The smallest absolute Gasteiger partial charge is 0.312 e. The van der Waals surface area contributed by atoms with Crippen LogP contribution in [-0.2, 0) is 0 Å². The summed E-state index contributed by atoms with van der Waals surface area (Å²) >= 11 is 0. The van der Waals surface area contributed by atoms with Crippen LogP contribution in [0, 0.1) is 6.92 Å². The molecule has 0 bridgehead atoms. The summed E-state index contributed by atoms with van der Waals surface area (Å²) in [7, 11) is 0. The summed E-state index contributed by atoms with van der Waals surface area (Å²) < 4.78 is 23.4. The van der Waals surface area contributed by atoms with Crippen molar-refractivity contribution in [2.75, 3.05) is 5.32 Å². The van der Waals surface area contributed by atoms with Crippen molar-refractivity contribution in [1.29, 1.82) is 0 Å². The van der Waals surface area contributed by atoms with Crippen molar-refractivity contribution in [2.45, 2.75) is 27.3 Å². The molecule has 0 saturated carbocycles. The highest BCUT2D eigenvalue weighted by molar-refractivity contribution is 5.44. The monoisotopic (exact) mass is 187 g/mol. The molecule has 0 radical (unpaired) electrons. The van der Waals surface area contributed by atoms with Crippen LogP contribution in [0.5, 0.6) is 0 Å². The molecule has 74 valence electrons. The average molecular weight is 187 g/mol. The molecule has 0 aliphatic rings. The van der Waals surface area contributed by atoms with E-state index in [9.17, 15) is 8.78 Å². The van der Waals surface area contributed by atoms with E-state index < -0.39 is 6.55 Å². The van der Waals surface area contributed by atoms with Crippen molar-refractivity contribution in [3.63, 3.8) is 0 Å². The third kappa shape index (κ3) is 5.17. The molecule has 0 aromatic heterocycles. The Labute approximate surface area is 77.8 Å². The minimum absolute atomic E-state index is 0.450. The topological polar surface area (TPSA) is 12.0 Å². The standard InChI is InChI=1S/C8H9F2N.C2H6/c1-6-2-4-7(5-3-6)11-8(9)10;1-2/h2-5,8,11H,1H3;1-2H3. The third-order valence-electron chi connectivity index (χ3n) is 1.33. The maximum absolute atomic E-state index is 11.7. The highest BCUT2D eigenvalue weighted by atomic mass is 19.3. The van der Waals surface area contributed by atoms with Crippen LogP contribution < -0.4 is 5.32 Å². The lowest BCUT2D eigenvalue weighted by molar-refractivity contribution is 0.181. The Morgan fingerprint density at radius 2 is 1.54 bits per heavy atom. The largest absolute Gasteiger partial charge is 0.330 e. The fraction of sp³-hybridized carbons (Fsp3) is 0.400. The molecule has 1 rings (SSSR count). The summed E-state index contributed by atoms with van der Waals surface area (Å²) in [5.74, 6) is 0. The summed E-state index contributed by atoms with van der Waals surface area (Å²) in [5.41, 5.74) is 1.51. The van der Waals surface area contributed by atoms with Gasteiger partial charge in [0.15, 0.2) is 0 Å². The Kier molecular flexibility index (Phi) is 5.85. The van der Waals surface area contributed by atoms with Crippen LogP contribution in [0.1, 0.15) is 19.4 Å². The van der Waals surface area contributed by atoms with Crippen LogP contribution >= 0.6 is 0 Å². The Hall–Kier alpha value is -1.12. The molecule has 1 aromatic carbocycles. The van der Waals surface area contributed by atoms with Crippen LogP contribution in [0.3, 0.4) is 0 Å². The molecule has 0 unspecified atom stereocenters. The molecule has 0 aliphatic heterocycles. The zero-order valence-electron chi connectivity index (χ0n) is 8.14. The molecule has 1 N–H and O–H groups in total. The molecule has 0 saturated heterocycles. The minimum Gasteiger partial charge on any atom is -0.330 e. The van der Waals surface area contributed by atoms with Gasteiger partial charge in [-0.3, -0.25) is 0 Å². The second kappa shape index (κ2) is 6.40. The molecule has 1 aromatic rings. The fourth-order valence-electron chi connectivity index (χ4n) is 0.776. The van der Waals surface area contributed by atoms with Crippen LogP contribution in [0.2, 0.25) is 0 Å². The summed E-state index contributed by atoms with van der Waals surface area (Å²) in [5, 5.41) is 2.00. The van der Waals surface area contributed by atoms with E-state index in [1.807, 2.05) is 26.1 Å². The first-order chi connectivity index (χ1) is 6.18. The molecule has 0 atom stereocenters. The van der Waals surface area contributed by atoms with Gasteiger partial charge in [-0.15, -0.1) is 0 Å². The van der Waals surface area contributed by atoms with Crippen molar-refractivity contribution in [3.8, 4) is 0 Å². The maximum atomic E-state index is 11.7. The first-order valence-electron chi connectivity index (χ1n) is 4.30. The molecule has 1 nitrogen and oxygen atoms in total. The highest BCUT2D eigenvalue weighted by Gasteiger charge is 1.99. The zero-order valence-corrected chi connectivity index (χ0v) is 8.14. The Morgan fingerprint density at radius 1 is 1.08 bits per heavy atom. The summed E-state index contributed by atoms with van der Waals surface area (Å²) in [4.78, 5) is 0. The molecule has 0 aliphatic carbocycles. The van der Waals surface area contributed by atoms with E-state index in [4.69, 9.17) is 0 Å². The predicted molar refractivity (Wildman–Crippen MR) is 52.2 cm³/mol. The average Bonchev–Trinajstić information content (AvgIpc) is 2.12. The molecule has 0 spiro atoms. The number of benzene rings is 1. The van der Waals surface area contributed by atoms with Gasteiger partial charge in [-0.2, -0.15) is 8.78 Å². The van der Waals surface area contributed by atoms with Crippen molar-refractivity contribution in [1.82, 2.24) is 0 Å². The van der Waals surface area contributed by atoms with Gasteiger partial charge in [0.05, 0.1) is 0 Å². The summed E-state index contributed by atoms with van der Waals surface area (Å²) in [6, 6.07) is 6.82. The molecule has 0 amide bonds. The molecule has 0 fully saturated rings. The summed E-state index contributed by atoms with van der Waals surface area (Å²) in [6.07, 6.45) is 0. The number of anilines is 1. The van der Waals surface area contributed by atoms with Gasteiger partial charge < -0.3 is 5.32 Å². The first-order valence-corrected chi connectivity index (χ1v) is 4.30. The number of hydrogen-bond acceptors (Lipinski definition) is 1. The number of halogens is 2. The quantitative estimate of drug-likeness (QED) is 0.697. The van der Waals surface area contributed by atoms with E-state index in [0.717, 1.165) is 5.56 Å². The van der Waals surface area contributed by atoms with Gasteiger partial charge in [-0.25, -0.2) is 0 Å². The van der Waals surface area contributed by atoms with Crippen LogP contribution in [0.15, 0.2) is 24.3 Å². The second-order valence-corrected chi connectivity index (χ2v) is 2.31. The number of rotatable bonds is 2. The number of alkyl halides is 2. The van der Waals surface area contributed by atoms with Crippen molar-refractivity contribution < 1.29 is 8.78 Å². The lowest BCUT2D eigenvalue weighted by Gasteiger charge is -2.03. The van der Waals surface area contributed by atoms with Crippen LogP contribution in [0.25, 0.3) is 0 Å². The highest BCUT2D eigenvalue weighted by Crippen LogP contribution is 2.10. The Balaban J connectivity index is 0.000000671. The lowest BCUT2D eigenvalue weighted by atomic mass is 10.2. The van der Waals surface area contributed by atoms with Gasteiger partial charge in [0.2, 0.25) is 0 Å². The molecular weight excluding hydrogens is 172 g/mol. The Morgan fingerprint density at radius 3 is 1.92 bits per heavy atom. The normalized spacial score (nSPS) is 9.08. The predicted octanol–water partition coefficient (Wildman–Crippen LogP) is 3.66. The second-order valence-electron chi connectivity index (χ2n) is 2.31. The molecule has 0 heterocycles. The van der Waals surface area contributed by atoms with Crippen molar-refractivity contribution >= 4 is 5.69 Å². The summed E-state index contributed by atoms with van der Waals surface area (Å²) in [6.45, 7) is 3.42. The molecule has 13 heavy (non-hydrogen) atoms. The zero-order chi connectivity index (χ0) is 10.3.